The van der Waals surface area contributed by atoms with Crippen LogP contribution in [0.2, 0.25) is 0 Å². The Kier molecular flexibility index (Phi) is 4.35. The standard InChI is InChI=1S/C18H28N4O2/c1-20-14-19-11-15(20)12-21-9-7-18(13-21)6-4-5-16(18)17(23)22-8-2-3-10-24-22/h11,14,16H,2-10,12-13H2,1H3/t16-,18+/m1/s1. The Labute approximate surface area is 143 Å². The number of hydroxylamine groups is 2. The third-order valence-corrected chi connectivity index (χ3v) is 6.22. The Morgan fingerprint density at radius 2 is 2.25 bits per heavy atom. The van der Waals surface area contributed by atoms with E-state index in [0.717, 1.165) is 51.9 Å². The fourth-order valence-electron chi connectivity index (χ4n) is 4.84. The Morgan fingerprint density at radius 1 is 1.33 bits per heavy atom. The van der Waals surface area contributed by atoms with E-state index in [0.29, 0.717) is 6.61 Å². The summed E-state index contributed by atoms with van der Waals surface area (Å²) in [6.45, 7) is 4.50. The van der Waals surface area contributed by atoms with Crippen LogP contribution in [0.1, 0.15) is 44.2 Å². The number of carbonyl (C=O) groups is 1. The van der Waals surface area contributed by atoms with Gasteiger partial charge < -0.3 is 4.57 Å². The van der Waals surface area contributed by atoms with Crippen LogP contribution in [-0.4, -0.2) is 51.7 Å². The molecule has 3 heterocycles. The summed E-state index contributed by atoms with van der Waals surface area (Å²) < 4.78 is 2.09. The molecule has 1 aliphatic carbocycles. The average Bonchev–Trinajstić information content (AvgIpc) is 3.31. The van der Waals surface area contributed by atoms with Crippen molar-refractivity contribution in [2.45, 2.75) is 45.1 Å². The number of imidazole rings is 1. The minimum atomic E-state index is 0.145. The second-order valence-electron chi connectivity index (χ2n) is 7.74. The zero-order valence-electron chi connectivity index (χ0n) is 14.6. The molecule has 0 unspecified atom stereocenters. The molecule has 0 N–H and O–H groups in total. The molecule has 4 rings (SSSR count). The van der Waals surface area contributed by atoms with E-state index in [2.05, 4.69) is 14.5 Å². The summed E-state index contributed by atoms with van der Waals surface area (Å²) in [5, 5.41) is 1.67. The number of nitrogens with zero attached hydrogens (tertiary/aromatic N) is 4. The lowest BCUT2D eigenvalue weighted by molar-refractivity contribution is -0.204. The van der Waals surface area contributed by atoms with Crippen molar-refractivity contribution in [3.8, 4) is 0 Å². The van der Waals surface area contributed by atoms with Crippen LogP contribution in [0, 0.1) is 11.3 Å². The topological polar surface area (TPSA) is 50.6 Å². The van der Waals surface area contributed by atoms with Crippen LogP contribution in [0.15, 0.2) is 12.5 Å². The van der Waals surface area contributed by atoms with Crippen LogP contribution in [0.3, 0.4) is 0 Å². The van der Waals surface area contributed by atoms with E-state index in [-0.39, 0.29) is 17.2 Å². The Hall–Kier alpha value is -1.40. The van der Waals surface area contributed by atoms with Gasteiger partial charge in [-0.2, -0.15) is 0 Å². The van der Waals surface area contributed by atoms with E-state index in [1.807, 2.05) is 19.6 Å². The molecule has 2 aliphatic heterocycles. The highest BCUT2D eigenvalue weighted by Crippen LogP contribution is 2.50. The Balaban J connectivity index is 1.44. The molecule has 1 saturated carbocycles. The van der Waals surface area contributed by atoms with E-state index in [4.69, 9.17) is 4.84 Å². The lowest BCUT2D eigenvalue weighted by Gasteiger charge is -2.35. The molecule has 2 saturated heterocycles. The highest BCUT2D eigenvalue weighted by Gasteiger charge is 2.51. The number of aromatic nitrogens is 2. The van der Waals surface area contributed by atoms with Gasteiger partial charge in [-0.05, 0) is 44.1 Å². The highest BCUT2D eigenvalue weighted by molar-refractivity contribution is 5.79. The van der Waals surface area contributed by atoms with Crippen molar-refractivity contribution in [3.05, 3.63) is 18.2 Å². The maximum absolute atomic E-state index is 13.0. The molecule has 0 aromatic carbocycles. The van der Waals surface area contributed by atoms with Gasteiger partial charge in [0.15, 0.2) is 0 Å². The number of rotatable bonds is 3. The summed E-state index contributed by atoms with van der Waals surface area (Å²) in [6, 6.07) is 0. The molecule has 6 heteroatoms. The van der Waals surface area contributed by atoms with Crippen molar-refractivity contribution in [1.29, 1.82) is 0 Å². The molecular formula is C18H28N4O2. The van der Waals surface area contributed by atoms with E-state index in [1.165, 1.54) is 18.5 Å². The highest BCUT2D eigenvalue weighted by atomic mass is 16.7. The first-order valence-electron chi connectivity index (χ1n) is 9.30. The lowest BCUT2D eigenvalue weighted by atomic mass is 9.76. The molecule has 24 heavy (non-hydrogen) atoms. The zero-order chi connectivity index (χ0) is 16.6. The largest absolute Gasteiger partial charge is 0.337 e. The number of hydrogen-bond acceptors (Lipinski definition) is 4. The number of aryl methyl sites for hydroxylation is 1. The van der Waals surface area contributed by atoms with Gasteiger partial charge in [0.25, 0.3) is 0 Å². The van der Waals surface area contributed by atoms with E-state index in [9.17, 15) is 4.79 Å². The molecule has 3 fully saturated rings. The first-order chi connectivity index (χ1) is 11.7. The van der Waals surface area contributed by atoms with Gasteiger partial charge in [0, 0.05) is 38.8 Å². The predicted octanol–water partition coefficient (Wildman–Crippen LogP) is 1.97. The second-order valence-corrected chi connectivity index (χ2v) is 7.74. The van der Waals surface area contributed by atoms with Gasteiger partial charge in [-0.25, -0.2) is 10.0 Å². The van der Waals surface area contributed by atoms with Gasteiger partial charge in [-0.3, -0.25) is 14.5 Å². The van der Waals surface area contributed by atoms with Gasteiger partial charge in [0.2, 0.25) is 5.91 Å². The third kappa shape index (κ3) is 2.86. The average molecular weight is 332 g/mol. The van der Waals surface area contributed by atoms with E-state index < -0.39 is 0 Å². The fraction of sp³-hybridized carbons (Fsp3) is 0.778. The fourth-order valence-corrected chi connectivity index (χ4v) is 4.84. The first kappa shape index (κ1) is 16.1. The van der Waals surface area contributed by atoms with Crippen molar-refractivity contribution in [1.82, 2.24) is 19.5 Å². The molecule has 2 atom stereocenters. The maximum atomic E-state index is 13.0. The molecule has 0 bridgehead atoms. The molecule has 1 spiro atoms. The minimum Gasteiger partial charge on any atom is -0.337 e. The van der Waals surface area contributed by atoms with E-state index in [1.54, 1.807) is 5.06 Å². The summed E-state index contributed by atoms with van der Waals surface area (Å²) in [5.41, 5.74) is 1.41. The summed E-state index contributed by atoms with van der Waals surface area (Å²) in [4.78, 5) is 25.4. The summed E-state index contributed by atoms with van der Waals surface area (Å²) in [5.74, 6) is 0.390. The quantitative estimate of drug-likeness (QED) is 0.849. The van der Waals surface area contributed by atoms with Crippen molar-refractivity contribution in [2.75, 3.05) is 26.2 Å². The lowest BCUT2D eigenvalue weighted by Crippen LogP contribution is -2.45. The summed E-state index contributed by atoms with van der Waals surface area (Å²) in [7, 11) is 2.05. The Morgan fingerprint density at radius 3 is 3.00 bits per heavy atom. The first-order valence-corrected chi connectivity index (χ1v) is 9.30. The zero-order valence-corrected chi connectivity index (χ0v) is 14.6. The second kappa shape index (κ2) is 6.48. The molecule has 1 aromatic rings. The Bertz CT molecular complexity index is 596. The third-order valence-electron chi connectivity index (χ3n) is 6.22. The number of hydrogen-bond donors (Lipinski definition) is 0. The molecule has 1 aromatic heterocycles. The maximum Gasteiger partial charge on any atom is 0.249 e. The SMILES string of the molecule is Cn1cncc1CN1CC[C@@]2(CCC[C@@H]2C(=O)N2CCCCO2)C1. The molecular weight excluding hydrogens is 304 g/mol. The van der Waals surface area contributed by atoms with Gasteiger partial charge in [0.1, 0.15) is 0 Å². The molecule has 1 amide bonds. The van der Waals surface area contributed by atoms with Crippen molar-refractivity contribution in [2.24, 2.45) is 18.4 Å². The predicted molar refractivity (Wildman–Crippen MR) is 89.8 cm³/mol. The van der Waals surface area contributed by atoms with Gasteiger partial charge >= 0.3 is 0 Å². The van der Waals surface area contributed by atoms with Crippen LogP contribution in [-0.2, 0) is 23.2 Å². The normalized spacial score (nSPS) is 31.2. The van der Waals surface area contributed by atoms with Gasteiger partial charge in [-0.15, -0.1) is 0 Å². The van der Waals surface area contributed by atoms with Crippen molar-refractivity contribution >= 4 is 5.91 Å². The van der Waals surface area contributed by atoms with E-state index >= 15 is 0 Å². The molecule has 132 valence electrons. The van der Waals surface area contributed by atoms with Gasteiger partial charge in [0.05, 0.1) is 18.6 Å². The minimum absolute atomic E-state index is 0.145. The molecule has 0 radical (unpaired) electrons. The summed E-state index contributed by atoms with van der Waals surface area (Å²) in [6.07, 6.45) is 10.5. The van der Waals surface area contributed by atoms with Crippen LogP contribution in [0.5, 0.6) is 0 Å². The molecule has 3 aliphatic rings. The van der Waals surface area contributed by atoms with Crippen LogP contribution in [0.4, 0.5) is 0 Å². The monoisotopic (exact) mass is 332 g/mol. The summed E-state index contributed by atoms with van der Waals surface area (Å²) >= 11 is 0. The van der Waals surface area contributed by atoms with Crippen molar-refractivity contribution in [3.63, 3.8) is 0 Å². The van der Waals surface area contributed by atoms with Gasteiger partial charge in [-0.1, -0.05) is 6.42 Å². The van der Waals surface area contributed by atoms with Crippen LogP contribution < -0.4 is 0 Å². The smallest absolute Gasteiger partial charge is 0.249 e. The number of carbonyl (C=O) groups excluding carboxylic acids is 1. The number of likely N-dealkylation sites (tertiary alicyclic amines) is 1. The van der Waals surface area contributed by atoms with Crippen molar-refractivity contribution < 1.29 is 9.63 Å². The number of amides is 1. The van der Waals surface area contributed by atoms with Crippen LogP contribution >= 0.6 is 0 Å². The molecule has 6 nitrogen and oxygen atoms in total. The van der Waals surface area contributed by atoms with Crippen LogP contribution in [0.25, 0.3) is 0 Å².